The summed E-state index contributed by atoms with van der Waals surface area (Å²) in [6.07, 6.45) is 6.56. The summed E-state index contributed by atoms with van der Waals surface area (Å²) in [5.41, 5.74) is 0.856. The van der Waals surface area contributed by atoms with Gasteiger partial charge in [-0.2, -0.15) is 0 Å². The van der Waals surface area contributed by atoms with Gasteiger partial charge < -0.3 is 4.84 Å². The van der Waals surface area contributed by atoms with Gasteiger partial charge in [-0.3, -0.25) is 0 Å². The van der Waals surface area contributed by atoms with Gasteiger partial charge in [0.1, 0.15) is 11.9 Å². The monoisotopic (exact) mass is 207 g/mol. The summed E-state index contributed by atoms with van der Waals surface area (Å²) in [5.74, 6) is -0.233. The van der Waals surface area contributed by atoms with Crippen molar-refractivity contribution in [2.24, 2.45) is 5.16 Å². The van der Waals surface area contributed by atoms with Crippen LogP contribution in [0.5, 0.6) is 0 Å². The molecule has 0 aromatic heterocycles. The molecule has 80 valence electrons. The molecule has 1 saturated carbocycles. The second-order valence-corrected chi connectivity index (χ2v) is 3.80. The van der Waals surface area contributed by atoms with Crippen molar-refractivity contribution in [3.05, 3.63) is 35.6 Å². The molecule has 0 radical (unpaired) electrons. The molecule has 2 rings (SSSR count). The van der Waals surface area contributed by atoms with E-state index in [0.29, 0.717) is 0 Å². The minimum absolute atomic E-state index is 0.233. The third kappa shape index (κ3) is 3.05. The fourth-order valence-corrected chi connectivity index (χ4v) is 1.72. The van der Waals surface area contributed by atoms with E-state index in [1.165, 1.54) is 25.0 Å². The number of oxime groups is 1. The number of hydrogen-bond donors (Lipinski definition) is 0. The van der Waals surface area contributed by atoms with E-state index < -0.39 is 0 Å². The average Bonchev–Trinajstić information content (AvgIpc) is 2.74. The summed E-state index contributed by atoms with van der Waals surface area (Å²) in [6, 6.07) is 6.18. The topological polar surface area (TPSA) is 21.6 Å². The molecule has 1 aromatic rings. The number of nitrogens with zero attached hydrogens (tertiary/aromatic N) is 1. The van der Waals surface area contributed by atoms with E-state index in [1.54, 1.807) is 18.3 Å². The van der Waals surface area contributed by atoms with Gasteiger partial charge in [-0.1, -0.05) is 17.3 Å². The van der Waals surface area contributed by atoms with Crippen molar-refractivity contribution in [1.82, 2.24) is 0 Å². The third-order valence-electron chi connectivity index (χ3n) is 2.58. The second-order valence-electron chi connectivity index (χ2n) is 3.80. The molecule has 3 heteroatoms. The maximum Gasteiger partial charge on any atom is 0.127 e. The maximum atomic E-state index is 12.6. The molecule has 0 bridgehead atoms. The highest BCUT2D eigenvalue weighted by molar-refractivity contribution is 5.78. The van der Waals surface area contributed by atoms with Crippen molar-refractivity contribution in [2.75, 3.05) is 0 Å². The van der Waals surface area contributed by atoms with Gasteiger partial charge >= 0.3 is 0 Å². The van der Waals surface area contributed by atoms with Gasteiger partial charge in [0.05, 0.1) is 6.21 Å². The van der Waals surface area contributed by atoms with Crippen LogP contribution in [-0.4, -0.2) is 12.3 Å². The molecule has 2 nitrogen and oxygen atoms in total. The Morgan fingerprint density at radius 3 is 2.53 bits per heavy atom. The van der Waals surface area contributed by atoms with E-state index in [9.17, 15) is 4.39 Å². The van der Waals surface area contributed by atoms with Crippen LogP contribution in [-0.2, 0) is 4.84 Å². The smallest absolute Gasteiger partial charge is 0.127 e. The first-order valence-corrected chi connectivity index (χ1v) is 5.29. The van der Waals surface area contributed by atoms with E-state index >= 15 is 0 Å². The molecule has 1 fully saturated rings. The van der Waals surface area contributed by atoms with Crippen LogP contribution in [0.2, 0.25) is 0 Å². The number of benzene rings is 1. The van der Waals surface area contributed by atoms with Gasteiger partial charge in [-0.15, -0.1) is 0 Å². The van der Waals surface area contributed by atoms with Crippen LogP contribution in [0.3, 0.4) is 0 Å². The summed E-state index contributed by atoms with van der Waals surface area (Å²) >= 11 is 0. The predicted octanol–water partition coefficient (Wildman–Crippen LogP) is 3.12. The Hall–Kier alpha value is -1.38. The largest absolute Gasteiger partial charge is 0.393 e. The van der Waals surface area contributed by atoms with Crippen LogP contribution in [0.1, 0.15) is 31.2 Å². The number of halogens is 1. The normalized spacial score (nSPS) is 17.4. The summed E-state index contributed by atoms with van der Waals surface area (Å²) < 4.78 is 12.6. The van der Waals surface area contributed by atoms with Crippen molar-refractivity contribution in [3.63, 3.8) is 0 Å². The standard InChI is InChI=1S/C12H14FNO/c13-11-7-5-10(6-8-11)9-14-15-12-3-1-2-4-12/h5-9,12H,1-4H2. The fraction of sp³-hybridized carbons (Fsp3) is 0.417. The highest BCUT2D eigenvalue weighted by Gasteiger charge is 2.15. The molecule has 0 saturated heterocycles. The second kappa shape index (κ2) is 4.91. The molecule has 0 heterocycles. The van der Waals surface area contributed by atoms with Crippen LogP contribution in [0, 0.1) is 5.82 Å². The molecule has 1 aliphatic carbocycles. The maximum absolute atomic E-state index is 12.6. The summed E-state index contributed by atoms with van der Waals surface area (Å²) in [4.78, 5) is 5.31. The molecule has 1 aliphatic rings. The predicted molar refractivity (Wildman–Crippen MR) is 57.3 cm³/mol. The van der Waals surface area contributed by atoms with Crippen LogP contribution in [0.15, 0.2) is 29.4 Å². The molecule has 0 unspecified atom stereocenters. The molecule has 0 spiro atoms. The minimum Gasteiger partial charge on any atom is -0.393 e. The molecular weight excluding hydrogens is 193 g/mol. The number of rotatable bonds is 3. The molecule has 0 atom stereocenters. The van der Waals surface area contributed by atoms with Crippen molar-refractivity contribution in [3.8, 4) is 0 Å². The first kappa shape index (κ1) is 10.1. The SMILES string of the molecule is Fc1ccc(C=NOC2CCCC2)cc1. The zero-order valence-corrected chi connectivity index (χ0v) is 8.53. The van der Waals surface area contributed by atoms with Gasteiger partial charge in [0, 0.05) is 0 Å². The lowest BCUT2D eigenvalue weighted by Gasteiger charge is -2.04. The molecule has 0 N–H and O–H groups in total. The van der Waals surface area contributed by atoms with E-state index in [0.717, 1.165) is 18.4 Å². The lowest BCUT2D eigenvalue weighted by molar-refractivity contribution is 0.0657. The highest BCUT2D eigenvalue weighted by atomic mass is 19.1. The third-order valence-corrected chi connectivity index (χ3v) is 2.58. The van der Waals surface area contributed by atoms with Gasteiger partial charge in [-0.05, 0) is 43.4 Å². The lowest BCUT2D eigenvalue weighted by atomic mass is 10.2. The fourth-order valence-electron chi connectivity index (χ4n) is 1.72. The molecule has 15 heavy (non-hydrogen) atoms. The van der Waals surface area contributed by atoms with Crippen LogP contribution < -0.4 is 0 Å². The quantitative estimate of drug-likeness (QED) is 0.551. The lowest BCUT2D eigenvalue weighted by Crippen LogP contribution is -2.02. The van der Waals surface area contributed by atoms with E-state index in [2.05, 4.69) is 5.16 Å². The van der Waals surface area contributed by atoms with E-state index in [-0.39, 0.29) is 11.9 Å². The Morgan fingerprint density at radius 1 is 1.20 bits per heavy atom. The molecular formula is C12H14FNO. The molecule has 0 amide bonds. The van der Waals surface area contributed by atoms with E-state index in [4.69, 9.17) is 4.84 Å². The van der Waals surface area contributed by atoms with Crippen molar-refractivity contribution >= 4 is 6.21 Å². The van der Waals surface area contributed by atoms with Gasteiger partial charge in [0.2, 0.25) is 0 Å². The van der Waals surface area contributed by atoms with Crippen molar-refractivity contribution < 1.29 is 9.23 Å². The van der Waals surface area contributed by atoms with Crippen molar-refractivity contribution in [2.45, 2.75) is 31.8 Å². The Bertz CT molecular complexity index is 328. The van der Waals surface area contributed by atoms with Crippen LogP contribution in [0.4, 0.5) is 4.39 Å². The zero-order valence-electron chi connectivity index (χ0n) is 8.53. The summed E-state index contributed by atoms with van der Waals surface area (Å²) in [5, 5.41) is 3.91. The minimum atomic E-state index is -0.233. The van der Waals surface area contributed by atoms with Gasteiger partial charge in [0.15, 0.2) is 0 Å². The summed E-state index contributed by atoms with van der Waals surface area (Å²) in [6.45, 7) is 0. The molecule has 1 aromatic carbocycles. The van der Waals surface area contributed by atoms with Gasteiger partial charge in [0.25, 0.3) is 0 Å². The average molecular weight is 207 g/mol. The Kier molecular flexibility index (Phi) is 3.33. The molecule has 0 aliphatic heterocycles. The summed E-state index contributed by atoms with van der Waals surface area (Å²) in [7, 11) is 0. The zero-order chi connectivity index (χ0) is 10.5. The first-order valence-electron chi connectivity index (χ1n) is 5.29. The van der Waals surface area contributed by atoms with Crippen LogP contribution >= 0.6 is 0 Å². The Labute approximate surface area is 88.7 Å². The van der Waals surface area contributed by atoms with E-state index in [1.807, 2.05) is 0 Å². The Morgan fingerprint density at radius 2 is 1.87 bits per heavy atom. The van der Waals surface area contributed by atoms with Crippen LogP contribution in [0.25, 0.3) is 0 Å². The van der Waals surface area contributed by atoms with Gasteiger partial charge in [-0.25, -0.2) is 4.39 Å². The Balaban J connectivity index is 1.85. The highest BCUT2D eigenvalue weighted by Crippen LogP contribution is 2.20. The van der Waals surface area contributed by atoms with Crippen molar-refractivity contribution in [1.29, 1.82) is 0 Å². The number of hydrogen-bond acceptors (Lipinski definition) is 2. The first-order chi connectivity index (χ1) is 7.34.